The molecule has 5 nitrogen and oxygen atoms in total. The van der Waals surface area contributed by atoms with Gasteiger partial charge in [-0.05, 0) is 37.2 Å². The highest BCUT2D eigenvalue weighted by molar-refractivity contribution is 7.99. The topological polar surface area (TPSA) is 72.9 Å². The van der Waals surface area contributed by atoms with E-state index in [-0.39, 0.29) is 5.91 Å². The second kappa shape index (κ2) is 6.13. The number of hydrogen-bond donors (Lipinski definition) is 2. The van der Waals surface area contributed by atoms with Gasteiger partial charge in [0, 0.05) is 13.1 Å². The molecule has 0 aliphatic carbocycles. The van der Waals surface area contributed by atoms with Gasteiger partial charge in [0.15, 0.2) is 0 Å². The van der Waals surface area contributed by atoms with Gasteiger partial charge in [-0.2, -0.15) is 16.9 Å². The van der Waals surface area contributed by atoms with Crippen LogP contribution >= 0.6 is 11.8 Å². The van der Waals surface area contributed by atoms with E-state index >= 15 is 0 Å². The van der Waals surface area contributed by atoms with Crippen LogP contribution in [0.4, 0.5) is 5.69 Å². The standard InChI is InChI=1S/C12H20N4OS/c1-2-16-11(10(13)8-15-16)12(17)14-7-9-3-5-18-6-4-9/h8-9H,2-7,13H2,1H3,(H,14,17). The molecule has 100 valence electrons. The molecule has 1 fully saturated rings. The van der Waals surface area contributed by atoms with Gasteiger partial charge >= 0.3 is 0 Å². The summed E-state index contributed by atoms with van der Waals surface area (Å²) in [7, 11) is 0. The third-order valence-electron chi connectivity index (χ3n) is 3.27. The maximum atomic E-state index is 12.1. The molecule has 0 aromatic carbocycles. The molecule has 1 saturated heterocycles. The molecule has 1 aliphatic heterocycles. The number of rotatable bonds is 4. The zero-order valence-electron chi connectivity index (χ0n) is 10.7. The van der Waals surface area contributed by atoms with Gasteiger partial charge in [-0.3, -0.25) is 9.48 Å². The Morgan fingerprint density at radius 3 is 3.00 bits per heavy atom. The predicted octanol–water partition coefficient (Wildman–Crippen LogP) is 1.36. The molecule has 6 heteroatoms. The number of thioether (sulfide) groups is 1. The van der Waals surface area contributed by atoms with Crippen molar-refractivity contribution in [3.8, 4) is 0 Å². The number of nitrogens with zero attached hydrogens (tertiary/aromatic N) is 2. The van der Waals surface area contributed by atoms with Crippen molar-refractivity contribution < 1.29 is 4.79 Å². The van der Waals surface area contributed by atoms with Gasteiger partial charge in [0.2, 0.25) is 0 Å². The van der Waals surface area contributed by atoms with Gasteiger partial charge in [0.05, 0.1) is 11.9 Å². The molecule has 0 atom stereocenters. The van der Waals surface area contributed by atoms with Gasteiger partial charge in [-0.15, -0.1) is 0 Å². The van der Waals surface area contributed by atoms with Gasteiger partial charge in [-0.1, -0.05) is 0 Å². The Hall–Kier alpha value is -1.17. The second-order valence-corrected chi connectivity index (χ2v) is 5.75. The van der Waals surface area contributed by atoms with Crippen molar-refractivity contribution in [2.75, 3.05) is 23.8 Å². The molecule has 0 spiro atoms. The maximum absolute atomic E-state index is 12.1. The van der Waals surface area contributed by atoms with Gasteiger partial charge in [-0.25, -0.2) is 0 Å². The van der Waals surface area contributed by atoms with E-state index in [1.807, 2.05) is 18.7 Å². The van der Waals surface area contributed by atoms with Crippen molar-refractivity contribution in [2.45, 2.75) is 26.3 Å². The monoisotopic (exact) mass is 268 g/mol. The number of carbonyl (C=O) groups is 1. The minimum atomic E-state index is -0.106. The van der Waals surface area contributed by atoms with E-state index in [9.17, 15) is 4.79 Å². The van der Waals surface area contributed by atoms with Crippen LogP contribution in [0.5, 0.6) is 0 Å². The summed E-state index contributed by atoms with van der Waals surface area (Å²) in [5.41, 5.74) is 6.72. The largest absolute Gasteiger partial charge is 0.396 e. The summed E-state index contributed by atoms with van der Waals surface area (Å²) in [4.78, 5) is 12.1. The average molecular weight is 268 g/mol. The molecule has 1 aliphatic rings. The van der Waals surface area contributed by atoms with Crippen molar-refractivity contribution in [2.24, 2.45) is 5.92 Å². The van der Waals surface area contributed by atoms with E-state index in [1.165, 1.54) is 30.5 Å². The lowest BCUT2D eigenvalue weighted by molar-refractivity contribution is 0.0936. The van der Waals surface area contributed by atoms with Gasteiger partial charge < -0.3 is 11.1 Å². The lowest BCUT2D eigenvalue weighted by Gasteiger charge is -2.21. The minimum absolute atomic E-state index is 0.106. The van der Waals surface area contributed by atoms with Crippen molar-refractivity contribution in [1.29, 1.82) is 0 Å². The Morgan fingerprint density at radius 2 is 2.33 bits per heavy atom. The number of amides is 1. The lowest BCUT2D eigenvalue weighted by atomic mass is 10.0. The fourth-order valence-corrected chi connectivity index (χ4v) is 3.36. The van der Waals surface area contributed by atoms with Crippen LogP contribution in [-0.4, -0.2) is 33.7 Å². The summed E-state index contributed by atoms with van der Waals surface area (Å²) in [5, 5.41) is 7.06. The van der Waals surface area contributed by atoms with Crippen LogP contribution in [0.25, 0.3) is 0 Å². The highest BCUT2D eigenvalue weighted by atomic mass is 32.2. The smallest absolute Gasteiger partial charge is 0.271 e. The quantitative estimate of drug-likeness (QED) is 0.864. The van der Waals surface area contributed by atoms with Crippen molar-refractivity contribution >= 4 is 23.4 Å². The number of nitrogens with two attached hydrogens (primary N) is 1. The maximum Gasteiger partial charge on any atom is 0.271 e. The van der Waals surface area contributed by atoms with E-state index in [2.05, 4.69) is 10.4 Å². The van der Waals surface area contributed by atoms with Crippen LogP contribution in [0, 0.1) is 5.92 Å². The summed E-state index contributed by atoms with van der Waals surface area (Å²) >= 11 is 1.99. The first-order chi connectivity index (χ1) is 8.72. The molecule has 0 saturated carbocycles. The Kier molecular flexibility index (Phi) is 4.52. The van der Waals surface area contributed by atoms with Crippen LogP contribution < -0.4 is 11.1 Å². The predicted molar refractivity (Wildman–Crippen MR) is 74.7 cm³/mol. The minimum Gasteiger partial charge on any atom is -0.396 e. The first-order valence-corrected chi connectivity index (χ1v) is 7.55. The van der Waals surface area contributed by atoms with Crippen LogP contribution in [-0.2, 0) is 6.54 Å². The molecule has 1 amide bonds. The normalized spacial score (nSPS) is 16.7. The number of nitrogen functional groups attached to an aromatic ring is 1. The summed E-state index contributed by atoms with van der Waals surface area (Å²) in [6.07, 6.45) is 3.91. The number of hydrogen-bond acceptors (Lipinski definition) is 4. The Balaban J connectivity index is 1.92. The zero-order chi connectivity index (χ0) is 13.0. The molecular weight excluding hydrogens is 248 g/mol. The van der Waals surface area contributed by atoms with Crippen molar-refractivity contribution in [1.82, 2.24) is 15.1 Å². The van der Waals surface area contributed by atoms with Crippen molar-refractivity contribution in [3.05, 3.63) is 11.9 Å². The van der Waals surface area contributed by atoms with Crippen LogP contribution in [0.3, 0.4) is 0 Å². The number of aryl methyl sites for hydroxylation is 1. The molecule has 0 bridgehead atoms. The third-order valence-corrected chi connectivity index (χ3v) is 4.32. The van der Waals surface area contributed by atoms with E-state index in [4.69, 9.17) is 5.73 Å². The number of nitrogens with one attached hydrogen (secondary N) is 1. The lowest BCUT2D eigenvalue weighted by Crippen LogP contribution is -2.32. The summed E-state index contributed by atoms with van der Waals surface area (Å²) < 4.78 is 1.64. The zero-order valence-corrected chi connectivity index (χ0v) is 11.5. The van der Waals surface area contributed by atoms with E-state index in [0.717, 1.165) is 6.54 Å². The molecule has 0 unspecified atom stereocenters. The Labute approximate surface area is 111 Å². The highest BCUT2D eigenvalue weighted by Crippen LogP contribution is 2.22. The van der Waals surface area contributed by atoms with Crippen molar-refractivity contribution in [3.63, 3.8) is 0 Å². The first kappa shape index (κ1) is 13.3. The van der Waals surface area contributed by atoms with Crippen LogP contribution in [0.15, 0.2) is 6.20 Å². The molecule has 2 heterocycles. The molecular formula is C12H20N4OS. The van der Waals surface area contributed by atoms with E-state index in [0.29, 0.717) is 23.8 Å². The fourth-order valence-electron chi connectivity index (χ4n) is 2.16. The van der Waals surface area contributed by atoms with E-state index in [1.54, 1.807) is 4.68 Å². The fraction of sp³-hybridized carbons (Fsp3) is 0.667. The highest BCUT2D eigenvalue weighted by Gasteiger charge is 2.18. The molecule has 2 rings (SSSR count). The van der Waals surface area contributed by atoms with Gasteiger partial charge in [0.25, 0.3) is 5.91 Å². The second-order valence-electron chi connectivity index (χ2n) is 4.53. The Bertz CT molecular complexity index is 412. The molecule has 1 aromatic rings. The number of aromatic nitrogens is 2. The Morgan fingerprint density at radius 1 is 1.61 bits per heavy atom. The third kappa shape index (κ3) is 2.98. The molecule has 0 radical (unpaired) electrons. The number of anilines is 1. The summed E-state index contributed by atoms with van der Waals surface area (Å²) in [6, 6.07) is 0. The summed E-state index contributed by atoms with van der Waals surface area (Å²) in [6.45, 7) is 3.34. The molecule has 18 heavy (non-hydrogen) atoms. The van der Waals surface area contributed by atoms with E-state index < -0.39 is 0 Å². The SMILES string of the molecule is CCn1ncc(N)c1C(=O)NCC1CCSCC1. The van der Waals surface area contributed by atoms with Crippen LogP contribution in [0.2, 0.25) is 0 Å². The first-order valence-electron chi connectivity index (χ1n) is 6.39. The molecule has 3 N–H and O–H groups in total. The summed E-state index contributed by atoms with van der Waals surface area (Å²) in [5.74, 6) is 2.91. The van der Waals surface area contributed by atoms with Crippen LogP contribution in [0.1, 0.15) is 30.3 Å². The average Bonchev–Trinajstić information content (AvgIpc) is 2.78. The van der Waals surface area contributed by atoms with Gasteiger partial charge in [0.1, 0.15) is 5.69 Å². The molecule has 1 aromatic heterocycles. The number of carbonyl (C=O) groups excluding carboxylic acids is 1.